The summed E-state index contributed by atoms with van der Waals surface area (Å²) in [5, 5.41) is 2.85. The second kappa shape index (κ2) is 8.58. The lowest BCUT2D eigenvalue weighted by atomic mass is 9.96. The third-order valence-corrected chi connectivity index (χ3v) is 4.72. The Morgan fingerprint density at radius 3 is 2.15 bits per heavy atom. The fourth-order valence-corrected chi connectivity index (χ4v) is 2.78. The number of carbonyl (C=O) groups is 1. The molecule has 0 saturated heterocycles. The second-order valence-electron chi connectivity index (χ2n) is 6.68. The summed E-state index contributed by atoms with van der Waals surface area (Å²) < 4.78 is 5.86. The Balaban J connectivity index is 1.61. The maximum atomic E-state index is 11.9. The van der Waals surface area contributed by atoms with Gasteiger partial charge in [0.2, 0.25) is 5.91 Å². The quantitative estimate of drug-likeness (QED) is 0.821. The van der Waals surface area contributed by atoms with Gasteiger partial charge in [0, 0.05) is 17.7 Å². The van der Waals surface area contributed by atoms with Crippen molar-refractivity contribution in [3.8, 4) is 17.6 Å². The molecule has 0 spiro atoms. The first-order valence-electron chi connectivity index (χ1n) is 9.32. The van der Waals surface area contributed by atoms with Crippen LogP contribution in [0.3, 0.4) is 0 Å². The molecule has 2 aromatic rings. The predicted octanol–water partition coefficient (Wildman–Crippen LogP) is 4.26. The van der Waals surface area contributed by atoms with Crippen molar-refractivity contribution in [1.82, 2.24) is 5.32 Å². The summed E-state index contributed by atoms with van der Waals surface area (Å²) in [4.78, 5) is 11.9. The minimum absolute atomic E-state index is 0.0514. The van der Waals surface area contributed by atoms with Gasteiger partial charge in [-0.15, -0.1) is 0 Å². The number of hydrogen-bond donors (Lipinski definition) is 1. The average Bonchev–Trinajstić information content (AvgIpc) is 2.64. The van der Waals surface area contributed by atoms with E-state index < -0.39 is 0 Å². The van der Waals surface area contributed by atoms with E-state index in [4.69, 9.17) is 4.74 Å². The first kappa shape index (κ1) is 18.1. The molecular weight excluding hydrogens is 322 g/mol. The fraction of sp³-hybridized carbons (Fsp3) is 0.348. The van der Waals surface area contributed by atoms with Crippen molar-refractivity contribution in [2.24, 2.45) is 0 Å². The molecule has 1 saturated carbocycles. The molecule has 0 radical (unpaired) electrons. The Morgan fingerprint density at radius 1 is 1.08 bits per heavy atom. The molecule has 2 aromatic carbocycles. The summed E-state index contributed by atoms with van der Waals surface area (Å²) in [6.07, 6.45) is 3.99. The van der Waals surface area contributed by atoms with Crippen molar-refractivity contribution in [3.05, 3.63) is 65.2 Å². The molecule has 3 nitrogen and oxygen atoms in total. The Hall–Kier alpha value is -2.73. The van der Waals surface area contributed by atoms with Crippen molar-refractivity contribution < 1.29 is 9.53 Å². The zero-order chi connectivity index (χ0) is 18.4. The van der Waals surface area contributed by atoms with E-state index >= 15 is 0 Å². The number of likely N-dealkylation sites (N-methyl/N-ethyl adjacent to an activating group) is 1. The summed E-state index contributed by atoms with van der Waals surface area (Å²) >= 11 is 0. The first-order valence-corrected chi connectivity index (χ1v) is 9.32. The maximum absolute atomic E-state index is 11.9. The molecule has 0 aromatic heterocycles. The lowest BCUT2D eigenvalue weighted by Gasteiger charge is -2.26. The molecule has 1 atom stereocenters. The number of carbonyl (C=O) groups excluding carboxylic acids is 1. The minimum Gasteiger partial charge on any atom is -0.490 e. The smallest absolute Gasteiger partial charge is 0.227 e. The molecule has 1 N–H and O–H groups in total. The topological polar surface area (TPSA) is 38.3 Å². The minimum atomic E-state index is -0.153. The zero-order valence-corrected chi connectivity index (χ0v) is 15.4. The number of nitrogens with one attached hydrogen (secondary N) is 1. The van der Waals surface area contributed by atoms with E-state index in [1.807, 2.05) is 62.4 Å². The predicted molar refractivity (Wildman–Crippen MR) is 104 cm³/mol. The van der Waals surface area contributed by atoms with Crippen molar-refractivity contribution >= 4 is 5.91 Å². The summed E-state index contributed by atoms with van der Waals surface area (Å²) in [5.41, 5.74) is 2.90. The highest BCUT2D eigenvalue weighted by Crippen LogP contribution is 2.25. The Morgan fingerprint density at radius 2 is 1.65 bits per heavy atom. The van der Waals surface area contributed by atoms with Crippen LogP contribution in [0.15, 0.2) is 48.5 Å². The molecule has 0 aliphatic heterocycles. The SMILES string of the molecule is CCNC(=O)C(C)c1ccc(C#Cc2ccc(OC3CCC3)cc2)cc1. The summed E-state index contributed by atoms with van der Waals surface area (Å²) in [6, 6.07) is 15.8. The highest BCUT2D eigenvalue weighted by atomic mass is 16.5. The summed E-state index contributed by atoms with van der Waals surface area (Å²) in [7, 11) is 0. The van der Waals surface area contributed by atoms with E-state index in [2.05, 4.69) is 17.2 Å². The van der Waals surface area contributed by atoms with Gasteiger partial charge in [-0.1, -0.05) is 24.0 Å². The van der Waals surface area contributed by atoms with Crippen molar-refractivity contribution in [3.63, 3.8) is 0 Å². The van der Waals surface area contributed by atoms with E-state index in [1.54, 1.807) is 0 Å². The second-order valence-corrected chi connectivity index (χ2v) is 6.68. The standard InChI is InChI=1S/C23H25NO2/c1-3-24-23(25)17(2)20-13-9-18(10-14-20)7-8-19-11-15-22(16-12-19)26-21-5-4-6-21/h9-17,21H,3-6H2,1-2H3,(H,24,25). The van der Waals surface area contributed by atoms with Crippen molar-refractivity contribution in [2.75, 3.05) is 6.54 Å². The van der Waals surface area contributed by atoms with Gasteiger partial charge in [0.25, 0.3) is 0 Å². The van der Waals surface area contributed by atoms with E-state index in [0.29, 0.717) is 12.6 Å². The highest BCUT2D eigenvalue weighted by molar-refractivity contribution is 5.83. The van der Waals surface area contributed by atoms with Crippen LogP contribution in [-0.2, 0) is 4.79 Å². The number of hydrogen-bond acceptors (Lipinski definition) is 2. The molecule has 134 valence electrons. The molecule has 1 aliphatic rings. The zero-order valence-electron chi connectivity index (χ0n) is 15.4. The average molecular weight is 347 g/mol. The van der Waals surface area contributed by atoms with Gasteiger partial charge in [-0.25, -0.2) is 0 Å². The van der Waals surface area contributed by atoms with Crippen LogP contribution >= 0.6 is 0 Å². The Kier molecular flexibility index (Phi) is 5.96. The highest BCUT2D eigenvalue weighted by Gasteiger charge is 2.18. The summed E-state index contributed by atoms with van der Waals surface area (Å²) in [6.45, 7) is 4.49. The largest absolute Gasteiger partial charge is 0.490 e. The van der Waals surface area contributed by atoms with Crippen molar-refractivity contribution in [1.29, 1.82) is 0 Å². The van der Waals surface area contributed by atoms with Gasteiger partial charge in [-0.2, -0.15) is 0 Å². The van der Waals surface area contributed by atoms with Crippen LogP contribution in [0.5, 0.6) is 5.75 Å². The van der Waals surface area contributed by atoms with Gasteiger partial charge in [0.05, 0.1) is 12.0 Å². The van der Waals surface area contributed by atoms with Crippen LogP contribution < -0.4 is 10.1 Å². The van der Waals surface area contributed by atoms with Crippen LogP contribution in [-0.4, -0.2) is 18.6 Å². The van der Waals surface area contributed by atoms with E-state index in [-0.39, 0.29) is 11.8 Å². The molecule has 3 heteroatoms. The third-order valence-electron chi connectivity index (χ3n) is 4.72. The molecule has 1 unspecified atom stereocenters. The van der Waals surface area contributed by atoms with Crippen molar-refractivity contribution in [2.45, 2.75) is 45.1 Å². The maximum Gasteiger partial charge on any atom is 0.227 e. The molecule has 1 fully saturated rings. The lowest BCUT2D eigenvalue weighted by Crippen LogP contribution is -2.27. The van der Waals surface area contributed by atoms with Gasteiger partial charge in [-0.05, 0) is 75.1 Å². The van der Waals surface area contributed by atoms with Gasteiger partial charge in [0.15, 0.2) is 0 Å². The number of benzene rings is 2. The lowest BCUT2D eigenvalue weighted by molar-refractivity contribution is -0.122. The fourth-order valence-electron chi connectivity index (χ4n) is 2.78. The molecule has 0 bridgehead atoms. The van der Waals surface area contributed by atoms with Gasteiger partial charge >= 0.3 is 0 Å². The molecule has 1 aliphatic carbocycles. The monoisotopic (exact) mass is 347 g/mol. The Bertz CT molecular complexity index is 793. The summed E-state index contributed by atoms with van der Waals surface area (Å²) in [5.74, 6) is 7.17. The van der Waals surface area contributed by atoms with E-state index in [0.717, 1.165) is 35.3 Å². The number of amides is 1. The molecule has 3 rings (SSSR count). The van der Waals surface area contributed by atoms with Gasteiger partial charge in [0.1, 0.15) is 5.75 Å². The molecule has 0 heterocycles. The number of ether oxygens (including phenoxy) is 1. The van der Waals surface area contributed by atoms with Crippen LogP contribution in [0.25, 0.3) is 0 Å². The van der Waals surface area contributed by atoms with Crippen LogP contribution in [0, 0.1) is 11.8 Å². The number of rotatable bonds is 5. The van der Waals surface area contributed by atoms with Gasteiger partial charge in [-0.3, -0.25) is 4.79 Å². The molecule has 26 heavy (non-hydrogen) atoms. The van der Waals surface area contributed by atoms with E-state index in [9.17, 15) is 4.79 Å². The normalized spacial score (nSPS) is 14.5. The molecular formula is C23H25NO2. The Labute approximate surface area is 155 Å². The van der Waals surface area contributed by atoms with Crippen LogP contribution in [0.1, 0.15) is 55.7 Å². The van der Waals surface area contributed by atoms with Gasteiger partial charge < -0.3 is 10.1 Å². The van der Waals surface area contributed by atoms with E-state index in [1.165, 1.54) is 6.42 Å². The first-order chi connectivity index (χ1) is 12.7. The molecule has 1 amide bonds. The van der Waals surface area contributed by atoms with Crippen LogP contribution in [0.2, 0.25) is 0 Å². The van der Waals surface area contributed by atoms with Crippen LogP contribution in [0.4, 0.5) is 0 Å². The third kappa shape index (κ3) is 4.67.